The number of fused-ring (bicyclic) bond motifs is 1. The predicted octanol–water partition coefficient (Wildman–Crippen LogP) is 1.93. The molecule has 3 rings (SSSR count). The molecule has 0 spiro atoms. The molecule has 0 saturated heterocycles. The molecule has 1 aliphatic heterocycles. The monoisotopic (exact) mass is 240 g/mol. The Bertz CT molecular complexity index is 580. The highest BCUT2D eigenvalue weighted by atomic mass is 15.1. The normalized spacial score (nSPS) is 14.4. The summed E-state index contributed by atoms with van der Waals surface area (Å²) in [6, 6.07) is 8.57. The second kappa shape index (κ2) is 4.29. The Hall–Kier alpha value is -2.10. The molecule has 0 unspecified atom stereocenters. The molecular formula is C14H16N4. The van der Waals surface area contributed by atoms with Crippen LogP contribution in [0.15, 0.2) is 30.5 Å². The standard InChI is InChI=1S/C14H16N4/c1-10-3-2-4-12(7-10)18-6-5-13-11(9-18)8-16-14(15)17-13/h2-4,7-8H,5-6,9H2,1H3,(H2,15,16,17). The smallest absolute Gasteiger partial charge is 0.220 e. The molecule has 1 aliphatic rings. The van der Waals surface area contributed by atoms with E-state index in [1.807, 2.05) is 6.20 Å². The average Bonchev–Trinajstić information content (AvgIpc) is 2.38. The maximum absolute atomic E-state index is 5.61. The summed E-state index contributed by atoms with van der Waals surface area (Å²) in [5.74, 6) is 0.373. The van der Waals surface area contributed by atoms with Gasteiger partial charge in [0, 0.05) is 37.0 Å². The summed E-state index contributed by atoms with van der Waals surface area (Å²) in [5.41, 5.74) is 10.4. The van der Waals surface area contributed by atoms with Crippen LogP contribution in [0.3, 0.4) is 0 Å². The Morgan fingerprint density at radius 1 is 1.33 bits per heavy atom. The van der Waals surface area contributed by atoms with Gasteiger partial charge in [0.25, 0.3) is 0 Å². The van der Waals surface area contributed by atoms with E-state index in [9.17, 15) is 0 Å². The van der Waals surface area contributed by atoms with Crippen LogP contribution in [0.25, 0.3) is 0 Å². The Labute approximate surface area is 106 Å². The number of aromatic nitrogens is 2. The van der Waals surface area contributed by atoms with Crippen molar-refractivity contribution >= 4 is 11.6 Å². The zero-order valence-corrected chi connectivity index (χ0v) is 10.4. The van der Waals surface area contributed by atoms with Crippen molar-refractivity contribution in [3.05, 3.63) is 47.3 Å². The summed E-state index contributed by atoms with van der Waals surface area (Å²) in [6.07, 6.45) is 2.77. The van der Waals surface area contributed by atoms with Gasteiger partial charge < -0.3 is 10.6 Å². The molecule has 0 amide bonds. The molecule has 0 atom stereocenters. The molecule has 1 aromatic heterocycles. The molecule has 0 aliphatic carbocycles. The van der Waals surface area contributed by atoms with E-state index in [2.05, 4.69) is 46.1 Å². The van der Waals surface area contributed by atoms with Crippen molar-refractivity contribution in [1.82, 2.24) is 9.97 Å². The fourth-order valence-corrected chi connectivity index (χ4v) is 2.38. The first-order valence-electron chi connectivity index (χ1n) is 6.14. The Kier molecular flexibility index (Phi) is 2.63. The van der Waals surface area contributed by atoms with Crippen LogP contribution in [0.4, 0.5) is 11.6 Å². The van der Waals surface area contributed by atoms with Crippen LogP contribution in [0.5, 0.6) is 0 Å². The first-order chi connectivity index (χ1) is 8.72. The lowest BCUT2D eigenvalue weighted by molar-refractivity contribution is 0.707. The van der Waals surface area contributed by atoms with Gasteiger partial charge in [-0.25, -0.2) is 9.97 Å². The van der Waals surface area contributed by atoms with Gasteiger partial charge in [-0.05, 0) is 24.6 Å². The molecule has 0 fully saturated rings. The first kappa shape index (κ1) is 11.0. The Balaban J connectivity index is 1.89. The molecule has 2 N–H and O–H groups in total. The number of nitrogens with zero attached hydrogens (tertiary/aromatic N) is 3. The molecule has 4 nitrogen and oxygen atoms in total. The van der Waals surface area contributed by atoms with Gasteiger partial charge in [0.05, 0.1) is 5.69 Å². The molecule has 2 aromatic rings. The van der Waals surface area contributed by atoms with Crippen molar-refractivity contribution in [2.45, 2.75) is 19.9 Å². The van der Waals surface area contributed by atoms with Gasteiger partial charge in [-0.3, -0.25) is 0 Å². The van der Waals surface area contributed by atoms with Crippen molar-refractivity contribution in [2.24, 2.45) is 0 Å². The topological polar surface area (TPSA) is 55.0 Å². The molecular weight excluding hydrogens is 224 g/mol. The van der Waals surface area contributed by atoms with Crippen molar-refractivity contribution in [1.29, 1.82) is 0 Å². The third-order valence-corrected chi connectivity index (χ3v) is 3.32. The minimum Gasteiger partial charge on any atom is -0.368 e. The molecule has 18 heavy (non-hydrogen) atoms. The van der Waals surface area contributed by atoms with Gasteiger partial charge >= 0.3 is 0 Å². The summed E-state index contributed by atoms with van der Waals surface area (Å²) < 4.78 is 0. The number of benzene rings is 1. The van der Waals surface area contributed by atoms with E-state index in [4.69, 9.17) is 5.73 Å². The predicted molar refractivity (Wildman–Crippen MR) is 72.4 cm³/mol. The van der Waals surface area contributed by atoms with E-state index in [1.165, 1.54) is 16.8 Å². The number of hydrogen-bond acceptors (Lipinski definition) is 4. The first-order valence-corrected chi connectivity index (χ1v) is 6.14. The number of nitrogen functional groups attached to an aromatic ring is 1. The molecule has 0 bridgehead atoms. The lowest BCUT2D eigenvalue weighted by Gasteiger charge is -2.30. The molecule has 2 heterocycles. The minimum absolute atomic E-state index is 0.373. The maximum Gasteiger partial charge on any atom is 0.220 e. The average molecular weight is 240 g/mol. The van der Waals surface area contributed by atoms with E-state index in [0.29, 0.717) is 5.95 Å². The van der Waals surface area contributed by atoms with Crippen LogP contribution >= 0.6 is 0 Å². The third-order valence-electron chi connectivity index (χ3n) is 3.32. The summed E-state index contributed by atoms with van der Waals surface area (Å²) >= 11 is 0. The highest BCUT2D eigenvalue weighted by molar-refractivity contribution is 5.50. The molecule has 1 aromatic carbocycles. The quantitative estimate of drug-likeness (QED) is 0.827. The molecule has 4 heteroatoms. The minimum atomic E-state index is 0.373. The summed E-state index contributed by atoms with van der Waals surface area (Å²) in [6.45, 7) is 3.96. The van der Waals surface area contributed by atoms with Gasteiger partial charge in [0.1, 0.15) is 0 Å². The van der Waals surface area contributed by atoms with Crippen LogP contribution in [-0.2, 0) is 13.0 Å². The van der Waals surface area contributed by atoms with Crippen LogP contribution in [0.2, 0.25) is 0 Å². The van der Waals surface area contributed by atoms with Crippen molar-refractivity contribution in [2.75, 3.05) is 17.2 Å². The second-order valence-electron chi connectivity index (χ2n) is 4.71. The fraction of sp³-hybridized carbons (Fsp3) is 0.286. The van der Waals surface area contributed by atoms with Gasteiger partial charge in [-0.15, -0.1) is 0 Å². The SMILES string of the molecule is Cc1cccc(N2CCc3nc(N)ncc3C2)c1. The number of aryl methyl sites for hydroxylation is 1. The maximum atomic E-state index is 5.61. The summed E-state index contributed by atoms with van der Waals surface area (Å²) in [4.78, 5) is 10.7. The highest BCUT2D eigenvalue weighted by Crippen LogP contribution is 2.23. The molecule has 0 saturated carbocycles. The van der Waals surface area contributed by atoms with Crippen LogP contribution in [0.1, 0.15) is 16.8 Å². The van der Waals surface area contributed by atoms with Gasteiger partial charge in [0.2, 0.25) is 5.95 Å². The zero-order valence-electron chi connectivity index (χ0n) is 10.4. The summed E-state index contributed by atoms with van der Waals surface area (Å²) in [5, 5.41) is 0. The van der Waals surface area contributed by atoms with Crippen LogP contribution in [0, 0.1) is 6.92 Å². The largest absolute Gasteiger partial charge is 0.368 e. The Morgan fingerprint density at radius 2 is 2.22 bits per heavy atom. The van der Waals surface area contributed by atoms with Crippen molar-refractivity contribution in [3.63, 3.8) is 0 Å². The lowest BCUT2D eigenvalue weighted by Crippen LogP contribution is -2.31. The van der Waals surface area contributed by atoms with E-state index in [0.717, 1.165) is 25.2 Å². The number of nitrogens with two attached hydrogens (primary N) is 1. The number of hydrogen-bond donors (Lipinski definition) is 1. The van der Waals surface area contributed by atoms with Crippen molar-refractivity contribution < 1.29 is 0 Å². The van der Waals surface area contributed by atoms with Crippen LogP contribution in [-0.4, -0.2) is 16.5 Å². The van der Waals surface area contributed by atoms with Crippen LogP contribution < -0.4 is 10.6 Å². The van der Waals surface area contributed by atoms with Gasteiger partial charge in [-0.1, -0.05) is 12.1 Å². The lowest BCUT2D eigenvalue weighted by atomic mass is 10.1. The third kappa shape index (κ3) is 2.01. The Morgan fingerprint density at radius 3 is 3.06 bits per heavy atom. The zero-order chi connectivity index (χ0) is 12.5. The number of anilines is 2. The van der Waals surface area contributed by atoms with E-state index in [1.54, 1.807) is 0 Å². The fourth-order valence-electron chi connectivity index (χ4n) is 2.38. The van der Waals surface area contributed by atoms with E-state index in [-0.39, 0.29) is 0 Å². The number of rotatable bonds is 1. The van der Waals surface area contributed by atoms with Gasteiger partial charge in [0.15, 0.2) is 0 Å². The van der Waals surface area contributed by atoms with Crippen molar-refractivity contribution in [3.8, 4) is 0 Å². The highest BCUT2D eigenvalue weighted by Gasteiger charge is 2.18. The molecule has 0 radical (unpaired) electrons. The van der Waals surface area contributed by atoms with E-state index >= 15 is 0 Å². The second-order valence-corrected chi connectivity index (χ2v) is 4.71. The molecule has 92 valence electrons. The summed E-state index contributed by atoms with van der Waals surface area (Å²) in [7, 11) is 0. The van der Waals surface area contributed by atoms with Gasteiger partial charge in [-0.2, -0.15) is 0 Å². The van der Waals surface area contributed by atoms with E-state index < -0.39 is 0 Å².